The molecule has 0 bridgehead atoms. The molecule has 0 atom stereocenters. The Hall–Kier alpha value is -2.96. The summed E-state index contributed by atoms with van der Waals surface area (Å²) in [6.07, 6.45) is 1.04. The molecule has 19 heavy (non-hydrogen) atoms. The van der Waals surface area contributed by atoms with Crippen LogP contribution in [-0.2, 0) is 4.79 Å². The summed E-state index contributed by atoms with van der Waals surface area (Å²) in [6.45, 7) is 3.36. The van der Waals surface area contributed by atoms with E-state index in [0.29, 0.717) is 5.56 Å². The van der Waals surface area contributed by atoms with Crippen molar-refractivity contribution in [2.45, 2.75) is 0 Å². The number of amides is 1. The molecule has 1 heterocycles. The van der Waals surface area contributed by atoms with Gasteiger partial charge in [-0.25, -0.2) is 0 Å². The molecule has 0 spiro atoms. The minimum atomic E-state index is -0.502. The second kappa shape index (κ2) is 5.58. The van der Waals surface area contributed by atoms with Crippen LogP contribution in [0.25, 0.3) is 0 Å². The van der Waals surface area contributed by atoms with Crippen molar-refractivity contribution in [2.24, 2.45) is 20.4 Å². The van der Waals surface area contributed by atoms with Crippen LogP contribution in [0.4, 0.5) is 0 Å². The summed E-state index contributed by atoms with van der Waals surface area (Å²) in [5.74, 6) is -0.888. The molecule has 0 saturated heterocycles. The summed E-state index contributed by atoms with van der Waals surface area (Å²) >= 11 is 0. The highest BCUT2D eigenvalue weighted by Gasteiger charge is 2.14. The van der Waals surface area contributed by atoms with Crippen molar-refractivity contribution in [2.75, 3.05) is 0 Å². The number of Topliss-reactive ketones (excluding diaryl/α,β-unsaturated/α-hetero) is 1. The van der Waals surface area contributed by atoms with Crippen molar-refractivity contribution in [3.8, 4) is 0 Å². The van der Waals surface area contributed by atoms with E-state index in [9.17, 15) is 9.59 Å². The lowest BCUT2D eigenvalue weighted by atomic mass is 10.1. The molecule has 0 fully saturated rings. The Morgan fingerprint density at radius 3 is 2.68 bits per heavy atom. The Bertz CT molecular complexity index is 616. The van der Waals surface area contributed by atoms with Crippen molar-refractivity contribution in [3.05, 3.63) is 48.2 Å². The van der Waals surface area contributed by atoms with Crippen molar-refractivity contribution < 1.29 is 9.59 Å². The molecular formula is C12H9N5O2. The second-order valence-corrected chi connectivity index (χ2v) is 3.50. The van der Waals surface area contributed by atoms with E-state index in [1.807, 2.05) is 0 Å². The molecular weight excluding hydrogens is 246 g/mol. The summed E-state index contributed by atoms with van der Waals surface area (Å²) in [4.78, 5) is 22.8. The van der Waals surface area contributed by atoms with E-state index in [2.05, 4.69) is 32.3 Å². The second-order valence-electron chi connectivity index (χ2n) is 3.50. The normalized spacial score (nSPS) is 16.9. The van der Waals surface area contributed by atoms with E-state index in [-0.39, 0.29) is 17.4 Å². The number of benzene rings is 1. The van der Waals surface area contributed by atoms with Crippen LogP contribution in [0.1, 0.15) is 10.4 Å². The number of nitrogens with one attached hydrogen (secondary N) is 1. The van der Waals surface area contributed by atoms with Gasteiger partial charge in [-0.1, -0.05) is 36.9 Å². The number of guanidine groups is 1. The topological polar surface area (TPSA) is 95.6 Å². The van der Waals surface area contributed by atoms with Gasteiger partial charge in [0.25, 0.3) is 11.9 Å². The highest BCUT2D eigenvalue weighted by Crippen LogP contribution is 2.01. The zero-order chi connectivity index (χ0) is 13.7. The molecule has 1 aliphatic rings. The molecule has 2 rings (SSSR count). The fraction of sp³-hybridized carbons (Fsp3) is 0. The van der Waals surface area contributed by atoms with Gasteiger partial charge in [0.2, 0.25) is 5.78 Å². The first kappa shape index (κ1) is 12.5. The fourth-order valence-corrected chi connectivity index (χ4v) is 1.21. The van der Waals surface area contributed by atoms with Crippen LogP contribution in [0.3, 0.4) is 0 Å². The third-order valence-corrected chi connectivity index (χ3v) is 2.14. The molecule has 0 radical (unpaired) electrons. The van der Waals surface area contributed by atoms with Gasteiger partial charge in [0.1, 0.15) is 5.70 Å². The van der Waals surface area contributed by atoms with Crippen molar-refractivity contribution in [1.82, 2.24) is 5.32 Å². The molecule has 1 aromatic carbocycles. The summed E-state index contributed by atoms with van der Waals surface area (Å²) in [5, 5.41) is 16.4. The average molecular weight is 255 g/mol. The van der Waals surface area contributed by atoms with E-state index < -0.39 is 5.91 Å². The van der Waals surface area contributed by atoms with E-state index in [1.54, 1.807) is 30.3 Å². The SMILES string of the molecule is C=C1N=N/C(=N/N=C/C(=O)c2ccccc2)NC1=O. The Labute approximate surface area is 108 Å². The molecule has 0 saturated carbocycles. The smallest absolute Gasteiger partial charge is 0.277 e. The van der Waals surface area contributed by atoms with Gasteiger partial charge in [-0.05, 0) is 0 Å². The quantitative estimate of drug-likeness (QED) is 0.381. The number of rotatable bonds is 3. The van der Waals surface area contributed by atoms with Crippen LogP contribution < -0.4 is 5.32 Å². The number of carbonyl (C=O) groups excluding carboxylic acids is 2. The Morgan fingerprint density at radius 1 is 1.26 bits per heavy atom. The van der Waals surface area contributed by atoms with Crippen molar-refractivity contribution in [1.29, 1.82) is 0 Å². The van der Waals surface area contributed by atoms with Crippen molar-refractivity contribution >= 4 is 23.9 Å². The first-order chi connectivity index (χ1) is 9.16. The Balaban J connectivity index is 2.05. The number of hydrogen-bond acceptors (Lipinski definition) is 5. The van der Waals surface area contributed by atoms with E-state index in [1.165, 1.54) is 0 Å². The van der Waals surface area contributed by atoms with Crippen LogP contribution in [0.5, 0.6) is 0 Å². The van der Waals surface area contributed by atoms with Crippen LogP contribution in [0.15, 0.2) is 63.0 Å². The molecule has 7 heteroatoms. The van der Waals surface area contributed by atoms with Gasteiger partial charge in [-0.3, -0.25) is 14.9 Å². The lowest BCUT2D eigenvalue weighted by Gasteiger charge is -2.05. The summed E-state index contributed by atoms with van der Waals surface area (Å²) in [7, 11) is 0. The molecule has 1 aromatic rings. The van der Waals surface area contributed by atoms with Gasteiger partial charge in [0, 0.05) is 5.56 Å². The highest BCUT2D eigenvalue weighted by molar-refractivity contribution is 6.35. The molecule has 94 valence electrons. The average Bonchev–Trinajstić information content (AvgIpc) is 2.43. The standard InChI is InChI=1S/C12H9N5O2/c1-8-11(19)14-12(17-15-8)16-13-7-10(18)9-5-3-2-4-6-9/h2-7H,1H2,(H,14,16,19)/b13-7+. The van der Waals surface area contributed by atoms with E-state index in [4.69, 9.17) is 0 Å². The zero-order valence-electron chi connectivity index (χ0n) is 9.78. The van der Waals surface area contributed by atoms with Crippen LogP contribution in [-0.4, -0.2) is 23.9 Å². The zero-order valence-corrected chi connectivity index (χ0v) is 9.78. The van der Waals surface area contributed by atoms with Gasteiger partial charge in [-0.15, -0.1) is 15.3 Å². The number of ketones is 1. The minimum Gasteiger partial charge on any atom is -0.287 e. The summed E-state index contributed by atoms with van der Waals surface area (Å²) in [6, 6.07) is 8.61. The summed E-state index contributed by atoms with van der Waals surface area (Å²) < 4.78 is 0. The third kappa shape index (κ3) is 3.25. The predicted octanol–water partition coefficient (Wildman–Crippen LogP) is 1.31. The lowest BCUT2D eigenvalue weighted by Crippen LogP contribution is -2.32. The van der Waals surface area contributed by atoms with E-state index in [0.717, 1.165) is 6.21 Å². The maximum absolute atomic E-state index is 11.6. The molecule has 0 unspecified atom stereocenters. The first-order valence-corrected chi connectivity index (χ1v) is 5.29. The molecule has 1 aliphatic heterocycles. The van der Waals surface area contributed by atoms with Gasteiger partial charge < -0.3 is 0 Å². The van der Waals surface area contributed by atoms with Crippen molar-refractivity contribution in [3.63, 3.8) is 0 Å². The summed E-state index contributed by atoms with van der Waals surface area (Å²) in [5.41, 5.74) is 0.484. The van der Waals surface area contributed by atoms with Crippen LogP contribution in [0, 0.1) is 0 Å². The maximum atomic E-state index is 11.6. The molecule has 1 N–H and O–H groups in total. The van der Waals surface area contributed by atoms with Gasteiger partial charge in [-0.2, -0.15) is 5.10 Å². The predicted molar refractivity (Wildman–Crippen MR) is 68.8 cm³/mol. The number of azo groups is 1. The number of carbonyl (C=O) groups is 2. The monoisotopic (exact) mass is 255 g/mol. The van der Waals surface area contributed by atoms with Crippen LogP contribution in [0.2, 0.25) is 0 Å². The van der Waals surface area contributed by atoms with Crippen LogP contribution >= 0.6 is 0 Å². The first-order valence-electron chi connectivity index (χ1n) is 5.29. The number of nitrogens with zero attached hydrogens (tertiary/aromatic N) is 4. The highest BCUT2D eigenvalue weighted by atomic mass is 16.2. The van der Waals surface area contributed by atoms with Gasteiger partial charge >= 0.3 is 0 Å². The molecule has 7 nitrogen and oxygen atoms in total. The lowest BCUT2D eigenvalue weighted by molar-refractivity contribution is -0.116. The molecule has 0 aliphatic carbocycles. The Kier molecular flexibility index (Phi) is 3.67. The van der Waals surface area contributed by atoms with E-state index >= 15 is 0 Å². The third-order valence-electron chi connectivity index (χ3n) is 2.14. The molecule has 1 amide bonds. The fourth-order valence-electron chi connectivity index (χ4n) is 1.21. The minimum absolute atomic E-state index is 0.0108. The number of hydrogen-bond donors (Lipinski definition) is 1. The van der Waals surface area contributed by atoms with Gasteiger partial charge in [0.15, 0.2) is 0 Å². The maximum Gasteiger partial charge on any atom is 0.277 e. The van der Waals surface area contributed by atoms with Gasteiger partial charge in [0.05, 0.1) is 6.21 Å². The molecule has 0 aromatic heterocycles. The largest absolute Gasteiger partial charge is 0.287 e. The Morgan fingerprint density at radius 2 is 2.00 bits per heavy atom.